The molecule has 0 saturated carbocycles. The smallest absolute Gasteiger partial charge is 0.179 e. The first-order valence-corrected chi connectivity index (χ1v) is 3.27. The third kappa shape index (κ3) is 9.50. The SMILES string of the molecule is C.CC(C)CO[PH2]=O. The van der Waals surface area contributed by atoms with Crippen molar-refractivity contribution in [3.8, 4) is 0 Å². The van der Waals surface area contributed by atoms with Gasteiger partial charge in [-0.2, -0.15) is 0 Å². The van der Waals surface area contributed by atoms with Crippen molar-refractivity contribution in [2.75, 3.05) is 6.61 Å². The summed E-state index contributed by atoms with van der Waals surface area (Å²) < 4.78 is 14.3. The van der Waals surface area contributed by atoms with Crippen LogP contribution in [0.1, 0.15) is 21.3 Å². The molecule has 0 heterocycles. The molecular weight excluding hydrogens is 123 g/mol. The fraction of sp³-hybridized carbons (Fsp3) is 1.00. The molecule has 8 heavy (non-hydrogen) atoms. The average Bonchev–Trinajstić information content (AvgIpc) is 1.61. The quantitative estimate of drug-likeness (QED) is 0.557. The van der Waals surface area contributed by atoms with Crippen molar-refractivity contribution < 1.29 is 9.09 Å². The van der Waals surface area contributed by atoms with E-state index in [0.29, 0.717) is 12.5 Å². The molecule has 0 aromatic carbocycles. The highest BCUT2D eigenvalue weighted by molar-refractivity contribution is 7.17. The summed E-state index contributed by atoms with van der Waals surface area (Å²) in [4.78, 5) is 0. The average molecular weight is 138 g/mol. The molecule has 0 aliphatic heterocycles. The molecule has 0 N–H and O–H groups in total. The topological polar surface area (TPSA) is 26.3 Å². The zero-order valence-corrected chi connectivity index (χ0v) is 5.83. The van der Waals surface area contributed by atoms with E-state index in [1.165, 1.54) is 0 Å². The Balaban J connectivity index is 0. The van der Waals surface area contributed by atoms with Gasteiger partial charge in [0.15, 0.2) is 8.69 Å². The third-order valence-corrected chi connectivity index (χ3v) is 0.826. The predicted molar refractivity (Wildman–Crippen MR) is 37.9 cm³/mol. The first-order valence-electron chi connectivity index (χ1n) is 2.32. The molecule has 0 bridgehead atoms. The maximum absolute atomic E-state index is 9.70. The van der Waals surface area contributed by atoms with Gasteiger partial charge in [-0.3, -0.25) is 4.57 Å². The molecule has 0 aliphatic carbocycles. The van der Waals surface area contributed by atoms with Crippen LogP contribution in [0.4, 0.5) is 0 Å². The van der Waals surface area contributed by atoms with Crippen molar-refractivity contribution in [1.29, 1.82) is 0 Å². The summed E-state index contributed by atoms with van der Waals surface area (Å²) in [6.45, 7) is 4.67. The summed E-state index contributed by atoms with van der Waals surface area (Å²) in [5, 5.41) is 0. The molecule has 1 atom stereocenters. The van der Waals surface area contributed by atoms with E-state index in [9.17, 15) is 4.57 Å². The Bertz CT molecular complexity index is 54.4. The van der Waals surface area contributed by atoms with Crippen LogP contribution in [0.15, 0.2) is 0 Å². The fourth-order valence-electron chi connectivity index (χ4n) is 0.232. The molecule has 0 rings (SSSR count). The summed E-state index contributed by atoms with van der Waals surface area (Å²) in [5.41, 5.74) is 0. The van der Waals surface area contributed by atoms with E-state index in [0.717, 1.165) is 0 Å². The first-order chi connectivity index (χ1) is 3.27. The summed E-state index contributed by atoms with van der Waals surface area (Å²) in [6.07, 6.45) is 0. The van der Waals surface area contributed by atoms with Crippen LogP contribution in [0.2, 0.25) is 0 Å². The summed E-state index contributed by atoms with van der Waals surface area (Å²) >= 11 is 0. The van der Waals surface area contributed by atoms with Gasteiger partial charge in [0.2, 0.25) is 0 Å². The molecule has 0 amide bonds. The molecule has 2 nitrogen and oxygen atoms in total. The Hall–Kier alpha value is 0.190. The fourth-order valence-corrected chi connectivity index (χ4v) is 0.695. The van der Waals surface area contributed by atoms with Gasteiger partial charge < -0.3 is 4.52 Å². The molecular formula is C5H15O2P. The van der Waals surface area contributed by atoms with Gasteiger partial charge in [-0.1, -0.05) is 21.3 Å². The largest absolute Gasteiger partial charge is 0.332 e. The molecule has 0 aliphatic rings. The van der Waals surface area contributed by atoms with Gasteiger partial charge >= 0.3 is 0 Å². The van der Waals surface area contributed by atoms with Crippen LogP contribution in [-0.2, 0) is 9.09 Å². The molecule has 0 radical (unpaired) electrons. The summed E-state index contributed by atoms with van der Waals surface area (Å²) in [6, 6.07) is 0. The molecule has 52 valence electrons. The predicted octanol–water partition coefficient (Wildman–Crippen LogP) is 1.97. The van der Waals surface area contributed by atoms with E-state index in [2.05, 4.69) is 4.52 Å². The highest BCUT2D eigenvalue weighted by atomic mass is 31.1. The van der Waals surface area contributed by atoms with Gasteiger partial charge in [0.1, 0.15) is 0 Å². The lowest BCUT2D eigenvalue weighted by atomic mass is 10.2. The zero-order chi connectivity index (χ0) is 5.70. The van der Waals surface area contributed by atoms with Crippen LogP contribution in [-0.4, -0.2) is 6.61 Å². The van der Waals surface area contributed by atoms with E-state index < -0.39 is 8.69 Å². The molecule has 0 saturated heterocycles. The molecule has 0 aromatic rings. The van der Waals surface area contributed by atoms with E-state index in [-0.39, 0.29) is 7.43 Å². The van der Waals surface area contributed by atoms with Crippen LogP contribution >= 0.6 is 8.69 Å². The van der Waals surface area contributed by atoms with Gasteiger partial charge in [0.05, 0.1) is 6.61 Å². The second-order valence-corrected chi connectivity index (χ2v) is 2.35. The van der Waals surface area contributed by atoms with Crippen molar-refractivity contribution in [1.82, 2.24) is 0 Å². The van der Waals surface area contributed by atoms with Crippen molar-refractivity contribution in [3.63, 3.8) is 0 Å². The van der Waals surface area contributed by atoms with Crippen LogP contribution in [0.5, 0.6) is 0 Å². The number of hydrogen-bond donors (Lipinski definition) is 0. The van der Waals surface area contributed by atoms with Crippen molar-refractivity contribution in [3.05, 3.63) is 0 Å². The lowest BCUT2D eigenvalue weighted by Crippen LogP contribution is -1.93. The maximum atomic E-state index is 9.70. The van der Waals surface area contributed by atoms with Crippen molar-refractivity contribution in [2.45, 2.75) is 21.3 Å². The Morgan fingerprint density at radius 2 is 2.12 bits per heavy atom. The van der Waals surface area contributed by atoms with Gasteiger partial charge in [-0.05, 0) is 5.92 Å². The van der Waals surface area contributed by atoms with E-state index in [1.807, 2.05) is 13.8 Å². The van der Waals surface area contributed by atoms with E-state index >= 15 is 0 Å². The zero-order valence-electron chi connectivity index (χ0n) is 4.68. The lowest BCUT2D eigenvalue weighted by molar-refractivity contribution is 0.293. The second kappa shape index (κ2) is 7.19. The number of hydrogen-bond acceptors (Lipinski definition) is 2. The van der Waals surface area contributed by atoms with Crippen LogP contribution < -0.4 is 0 Å². The lowest BCUT2D eigenvalue weighted by Gasteiger charge is -1.97. The van der Waals surface area contributed by atoms with Crippen LogP contribution in [0, 0.1) is 5.92 Å². The minimum atomic E-state index is -0.989. The Labute approximate surface area is 52.5 Å². The van der Waals surface area contributed by atoms with Gasteiger partial charge in [-0.25, -0.2) is 0 Å². The minimum Gasteiger partial charge on any atom is -0.332 e. The minimum absolute atomic E-state index is 0. The van der Waals surface area contributed by atoms with E-state index in [4.69, 9.17) is 0 Å². The highest BCUT2D eigenvalue weighted by Gasteiger charge is 1.88. The molecule has 0 fully saturated rings. The highest BCUT2D eigenvalue weighted by Crippen LogP contribution is 1.99. The van der Waals surface area contributed by atoms with Gasteiger partial charge in [0, 0.05) is 0 Å². The Kier molecular flexibility index (Phi) is 9.93. The van der Waals surface area contributed by atoms with Crippen LogP contribution in [0.25, 0.3) is 0 Å². The monoisotopic (exact) mass is 138 g/mol. The molecule has 0 spiro atoms. The third-order valence-electron chi connectivity index (χ3n) is 0.498. The second-order valence-electron chi connectivity index (χ2n) is 1.82. The van der Waals surface area contributed by atoms with Gasteiger partial charge in [-0.15, -0.1) is 0 Å². The maximum Gasteiger partial charge on any atom is 0.179 e. The van der Waals surface area contributed by atoms with Crippen molar-refractivity contribution in [2.24, 2.45) is 5.92 Å². The van der Waals surface area contributed by atoms with Gasteiger partial charge in [0.25, 0.3) is 0 Å². The summed E-state index contributed by atoms with van der Waals surface area (Å²) in [5.74, 6) is 0.501. The molecule has 0 aromatic heterocycles. The molecule has 1 unspecified atom stereocenters. The normalized spacial score (nSPS) is 10.4. The Morgan fingerprint density at radius 1 is 1.62 bits per heavy atom. The Morgan fingerprint density at radius 3 is 2.25 bits per heavy atom. The first kappa shape index (κ1) is 11.0. The van der Waals surface area contributed by atoms with E-state index in [1.54, 1.807) is 0 Å². The van der Waals surface area contributed by atoms with Crippen molar-refractivity contribution >= 4 is 8.69 Å². The molecule has 3 heteroatoms. The standard InChI is InChI=1S/C4H11O2P.CH4/c1-4(2)3-6-7-5;/h4H,3,7H2,1-2H3;1H4. The number of rotatable bonds is 3. The van der Waals surface area contributed by atoms with Crippen LogP contribution in [0.3, 0.4) is 0 Å². The summed E-state index contributed by atoms with van der Waals surface area (Å²) in [7, 11) is -0.989.